The summed E-state index contributed by atoms with van der Waals surface area (Å²) >= 11 is 5.68. The molecule has 0 unspecified atom stereocenters. The molecule has 0 aliphatic heterocycles. The lowest BCUT2D eigenvalue weighted by molar-refractivity contribution is 0.790. The van der Waals surface area contributed by atoms with Crippen LogP contribution in [0.25, 0.3) is 0 Å². The molecule has 0 radical (unpaired) electrons. The number of anilines is 1. The summed E-state index contributed by atoms with van der Waals surface area (Å²) in [5.41, 5.74) is 3.48. The third-order valence-electron chi connectivity index (χ3n) is 1.24. The molecule has 0 spiro atoms. The molecular weight excluding hydrogens is 162 g/mol. The predicted octanol–water partition coefficient (Wildman–Crippen LogP) is 1.17. The van der Waals surface area contributed by atoms with Gasteiger partial charge in [-0.2, -0.15) is 0 Å². The van der Waals surface area contributed by atoms with Gasteiger partial charge in [-0.05, 0) is 24.3 Å². The van der Waals surface area contributed by atoms with Crippen molar-refractivity contribution < 1.29 is 0 Å². The highest BCUT2D eigenvalue weighted by atomic mass is 35.5. The van der Waals surface area contributed by atoms with Crippen LogP contribution < -0.4 is 16.6 Å². The monoisotopic (exact) mass is 171 g/mol. The van der Waals surface area contributed by atoms with E-state index in [1.54, 1.807) is 0 Å². The summed E-state index contributed by atoms with van der Waals surface area (Å²) in [6.07, 6.45) is 0. The van der Waals surface area contributed by atoms with E-state index in [0.29, 0.717) is 6.67 Å². The van der Waals surface area contributed by atoms with Crippen LogP contribution in [0.3, 0.4) is 0 Å². The third-order valence-corrected chi connectivity index (χ3v) is 1.49. The lowest BCUT2D eigenvalue weighted by Gasteiger charge is -2.03. The molecule has 4 N–H and O–H groups in total. The number of nitrogens with two attached hydrogens (primary N) is 1. The molecule has 0 amide bonds. The van der Waals surface area contributed by atoms with E-state index in [0.717, 1.165) is 10.7 Å². The minimum absolute atomic E-state index is 0.543. The van der Waals surface area contributed by atoms with Crippen LogP contribution in [-0.4, -0.2) is 6.67 Å². The van der Waals surface area contributed by atoms with E-state index in [2.05, 4.69) is 10.7 Å². The van der Waals surface area contributed by atoms with Crippen LogP contribution in [0.1, 0.15) is 0 Å². The Kier molecular flexibility index (Phi) is 3.16. The lowest BCUT2D eigenvalue weighted by Crippen LogP contribution is -2.28. The number of nitrogens with one attached hydrogen (secondary N) is 2. The number of hydrogen-bond acceptors (Lipinski definition) is 3. The smallest absolute Gasteiger partial charge is 0.0780 e. The number of benzene rings is 1. The average Bonchev–Trinajstić information content (AvgIpc) is 2.04. The molecule has 0 bridgehead atoms. The zero-order chi connectivity index (χ0) is 8.10. The molecule has 0 aliphatic carbocycles. The first kappa shape index (κ1) is 8.33. The molecule has 4 heteroatoms. The minimum atomic E-state index is 0.543. The van der Waals surface area contributed by atoms with Crippen molar-refractivity contribution in [2.24, 2.45) is 5.84 Å². The maximum absolute atomic E-state index is 5.68. The summed E-state index contributed by atoms with van der Waals surface area (Å²) < 4.78 is 0. The summed E-state index contributed by atoms with van der Waals surface area (Å²) in [4.78, 5) is 0. The first-order valence-electron chi connectivity index (χ1n) is 3.26. The summed E-state index contributed by atoms with van der Waals surface area (Å²) in [6.45, 7) is 0.543. The number of rotatable bonds is 3. The SMILES string of the molecule is NNCNc1ccc(Cl)cc1. The molecule has 11 heavy (non-hydrogen) atoms. The van der Waals surface area contributed by atoms with Crippen LogP contribution in [0, 0.1) is 0 Å². The van der Waals surface area contributed by atoms with Gasteiger partial charge in [-0.15, -0.1) is 0 Å². The van der Waals surface area contributed by atoms with Gasteiger partial charge in [0, 0.05) is 10.7 Å². The highest BCUT2D eigenvalue weighted by Gasteiger charge is 1.88. The van der Waals surface area contributed by atoms with Gasteiger partial charge in [0.25, 0.3) is 0 Å². The molecule has 0 heterocycles. The Bertz CT molecular complexity index is 209. The molecule has 0 aromatic heterocycles. The zero-order valence-corrected chi connectivity index (χ0v) is 6.73. The number of hydrogen-bond donors (Lipinski definition) is 3. The minimum Gasteiger partial charge on any atom is -0.371 e. The van der Waals surface area contributed by atoms with Gasteiger partial charge in [0.05, 0.1) is 6.67 Å². The van der Waals surface area contributed by atoms with E-state index in [1.165, 1.54) is 0 Å². The third kappa shape index (κ3) is 2.76. The van der Waals surface area contributed by atoms with Crippen molar-refractivity contribution in [2.75, 3.05) is 12.0 Å². The van der Waals surface area contributed by atoms with Crippen LogP contribution in [0.2, 0.25) is 5.02 Å². The van der Waals surface area contributed by atoms with Gasteiger partial charge >= 0.3 is 0 Å². The van der Waals surface area contributed by atoms with Crippen LogP contribution in [0.15, 0.2) is 24.3 Å². The highest BCUT2D eigenvalue weighted by Crippen LogP contribution is 2.12. The molecule has 1 aromatic rings. The summed E-state index contributed by atoms with van der Waals surface area (Å²) in [5, 5.41) is 3.76. The molecule has 60 valence electrons. The largest absolute Gasteiger partial charge is 0.371 e. The predicted molar refractivity (Wildman–Crippen MR) is 47.3 cm³/mol. The molecule has 0 atom stereocenters. The van der Waals surface area contributed by atoms with Crippen molar-refractivity contribution in [1.29, 1.82) is 0 Å². The quantitative estimate of drug-likeness (QED) is 0.364. The fourth-order valence-electron chi connectivity index (χ4n) is 0.721. The van der Waals surface area contributed by atoms with E-state index >= 15 is 0 Å². The van der Waals surface area contributed by atoms with E-state index in [1.807, 2.05) is 24.3 Å². The van der Waals surface area contributed by atoms with Crippen LogP contribution >= 0.6 is 11.6 Å². The topological polar surface area (TPSA) is 50.1 Å². The summed E-state index contributed by atoms with van der Waals surface area (Å²) in [5.74, 6) is 5.07. The van der Waals surface area contributed by atoms with Crippen molar-refractivity contribution >= 4 is 17.3 Å². The number of hydrazine groups is 1. The van der Waals surface area contributed by atoms with E-state index in [-0.39, 0.29) is 0 Å². The van der Waals surface area contributed by atoms with E-state index < -0.39 is 0 Å². The first-order valence-corrected chi connectivity index (χ1v) is 3.63. The average molecular weight is 172 g/mol. The van der Waals surface area contributed by atoms with Crippen molar-refractivity contribution in [3.8, 4) is 0 Å². The Morgan fingerprint density at radius 1 is 1.27 bits per heavy atom. The molecule has 3 nitrogen and oxygen atoms in total. The number of halogens is 1. The van der Waals surface area contributed by atoms with Gasteiger partial charge in [-0.1, -0.05) is 11.6 Å². The van der Waals surface area contributed by atoms with E-state index in [4.69, 9.17) is 17.4 Å². The standard InChI is InChI=1S/C7H10ClN3/c8-6-1-3-7(4-2-6)10-5-11-9/h1-4,10-11H,5,9H2. The molecule has 0 saturated carbocycles. The van der Waals surface area contributed by atoms with Crippen molar-refractivity contribution in [2.45, 2.75) is 0 Å². The Morgan fingerprint density at radius 3 is 2.45 bits per heavy atom. The fourth-order valence-corrected chi connectivity index (χ4v) is 0.847. The van der Waals surface area contributed by atoms with Gasteiger partial charge in [-0.25, -0.2) is 5.43 Å². The van der Waals surface area contributed by atoms with Crippen molar-refractivity contribution in [3.05, 3.63) is 29.3 Å². The Morgan fingerprint density at radius 2 is 1.91 bits per heavy atom. The zero-order valence-electron chi connectivity index (χ0n) is 5.97. The Labute approximate surface area is 70.5 Å². The highest BCUT2D eigenvalue weighted by molar-refractivity contribution is 6.30. The second-order valence-corrected chi connectivity index (χ2v) is 2.50. The van der Waals surface area contributed by atoms with Gasteiger partial charge in [-0.3, -0.25) is 5.84 Å². The Hall–Kier alpha value is -0.770. The second-order valence-electron chi connectivity index (χ2n) is 2.06. The summed E-state index contributed by atoms with van der Waals surface area (Å²) in [7, 11) is 0. The fraction of sp³-hybridized carbons (Fsp3) is 0.143. The van der Waals surface area contributed by atoms with Crippen LogP contribution in [0.5, 0.6) is 0 Å². The van der Waals surface area contributed by atoms with Crippen molar-refractivity contribution in [3.63, 3.8) is 0 Å². The molecule has 0 aliphatic rings. The summed E-state index contributed by atoms with van der Waals surface area (Å²) in [6, 6.07) is 7.42. The molecule has 1 aromatic carbocycles. The van der Waals surface area contributed by atoms with Crippen molar-refractivity contribution in [1.82, 2.24) is 5.43 Å². The lowest BCUT2D eigenvalue weighted by atomic mass is 10.3. The van der Waals surface area contributed by atoms with Crippen LogP contribution in [0.4, 0.5) is 5.69 Å². The van der Waals surface area contributed by atoms with Gasteiger partial charge in [0.1, 0.15) is 0 Å². The second kappa shape index (κ2) is 4.18. The molecule has 1 rings (SSSR count). The normalized spacial score (nSPS) is 9.64. The molecular formula is C7H10ClN3. The first-order chi connectivity index (χ1) is 5.33. The Balaban J connectivity index is 2.52. The van der Waals surface area contributed by atoms with Crippen LogP contribution in [-0.2, 0) is 0 Å². The maximum atomic E-state index is 5.68. The van der Waals surface area contributed by atoms with E-state index in [9.17, 15) is 0 Å². The molecule has 0 saturated heterocycles. The van der Waals surface area contributed by atoms with Gasteiger partial charge in [0.15, 0.2) is 0 Å². The van der Waals surface area contributed by atoms with Gasteiger partial charge < -0.3 is 5.32 Å². The van der Waals surface area contributed by atoms with Gasteiger partial charge in [0.2, 0.25) is 0 Å². The maximum Gasteiger partial charge on any atom is 0.0780 e. The molecule has 0 fully saturated rings.